The van der Waals surface area contributed by atoms with Gasteiger partial charge in [0.15, 0.2) is 0 Å². The number of carboxylic acids is 1. The van der Waals surface area contributed by atoms with E-state index in [1.807, 2.05) is 0 Å². The van der Waals surface area contributed by atoms with Crippen molar-refractivity contribution in [1.29, 1.82) is 0 Å². The van der Waals surface area contributed by atoms with Crippen molar-refractivity contribution in [2.75, 3.05) is 0 Å². The van der Waals surface area contributed by atoms with Crippen molar-refractivity contribution in [1.82, 2.24) is 0 Å². The molecule has 0 heterocycles. The molecule has 15 heavy (non-hydrogen) atoms. The second-order valence-electron chi connectivity index (χ2n) is 3.01. The van der Waals surface area contributed by atoms with Crippen LogP contribution < -0.4 is 10.5 Å². The third kappa shape index (κ3) is 3.40. The summed E-state index contributed by atoms with van der Waals surface area (Å²) in [6, 6.07) is 5.59. The summed E-state index contributed by atoms with van der Waals surface area (Å²) < 4.78 is 4.59. The number of rotatable bonds is 5. The highest BCUT2D eigenvalue weighted by Gasteiger charge is 2.11. The lowest BCUT2D eigenvalue weighted by Gasteiger charge is -2.06. The minimum Gasteiger partial charge on any atom is -0.480 e. The smallest absolute Gasteiger partial charge is 0.320 e. The third-order valence-electron chi connectivity index (χ3n) is 1.88. The maximum Gasteiger partial charge on any atom is 0.320 e. The highest BCUT2D eigenvalue weighted by molar-refractivity contribution is 5.73. The third-order valence-corrected chi connectivity index (χ3v) is 1.88. The average Bonchev–Trinajstić information content (AvgIpc) is 2.21. The molecule has 1 aromatic rings. The van der Waals surface area contributed by atoms with Crippen molar-refractivity contribution in [2.24, 2.45) is 5.73 Å². The molecular formula is C10H11NO4. The molecule has 0 radical (unpaired) electrons. The number of nitrogens with two attached hydrogens (primary N) is 1. The fraction of sp³-hybridized carbons (Fsp3) is 0.200. The van der Waals surface area contributed by atoms with Crippen LogP contribution in [0.15, 0.2) is 24.3 Å². The van der Waals surface area contributed by atoms with Gasteiger partial charge in [-0.1, -0.05) is 12.1 Å². The van der Waals surface area contributed by atoms with Crippen LogP contribution in [0.2, 0.25) is 0 Å². The highest BCUT2D eigenvalue weighted by atomic mass is 16.5. The summed E-state index contributed by atoms with van der Waals surface area (Å²) >= 11 is 0. The first-order valence-electron chi connectivity index (χ1n) is 4.31. The molecule has 0 amide bonds. The molecular weight excluding hydrogens is 198 g/mol. The van der Waals surface area contributed by atoms with Gasteiger partial charge >= 0.3 is 5.97 Å². The van der Waals surface area contributed by atoms with Crippen molar-refractivity contribution in [3.63, 3.8) is 0 Å². The zero-order chi connectivity index (χ0) is 11.3. The van der Waals surface area contributed by atoms with Crippen LogP contribution in [0, 0.1) is 0 Å². The van der Waals surface area contributed by atoms with Crippen LogP contribution in [0.4, 0.5) is 0 Å². The molecule has 1 rings (SSSR count). The van der Waals surface area contributed by atoms with E-state index in [0.717, 1.165) is 5.56 Å². The summed E-state index contributed by atoms with van der Waals surface area (Å²) in [6.45, 7) is 0.331. The highest BCUT2D eigenvalue weighted by Crippen LogP contribution is 2.12. The maximum atomic E-state index is 10.5. The normalized spacial score (nSPS) is 11.8. The Kier molecular flexibility index (Phi) is 3.82. The quantitative estimate of drug-likeness (QED) is 0.675. The molecule has 0 saturated carbocycles. The molecule has 0 saturated heterocycles. The Balaban J connectivity index is 2.64. The predicted octanol–water partition coefficient (Wildman–Crippen LogP) is 0.176. The van der Waals surface area contributed by atoms with E-state index in [-0.39, 0.29) is 6.42 Å². The molecule has 0 aliphatic heterocycles. The van der Waals surface area contributed by atoms with Crippen molar-refractivity contribution in [2.45, 2.75) is 12.5 Å². The van der Waals surface area contributed by atoms with Gasteiger partial charge in [-0.25, -0.2) is 0 Å². The summed E-state index contributed by atoms with van der Waals surface area (Å²) in [7, 11) is 0. The molecule has 0 aliphatic rings. The van der Waals surface area contributed by atoms with Gasteiger partial charge in [-0.15, -0.1) is 0 Å². The van der Waals surface area contributed by atoms with Crippen LogP contribution in [0.5, 0.6) is 5.75 Å². The fourth-order valence-electron chi connectivity index (χ4n) is 1.10. The molecule has 1 unspecified atom stereocenters. The first kappa shape index (κ1) is 11.2. The number of carbonyl (C=O) groups excluding carboxylic acids is 1. The Morgan fingerprint density at radius 2 is 2.07 bits per heavy atom. The summed E-state index contributed by atoms with van der Waals surface area (Å²) in [5, 5.41) is 8.59. The molecule has 1 aromatic carbocycles. The van der Waals surface area contributed by atoms with E-state index >= 15 is 0 Å². The van der Waals surface area contributed by atoms with Crippen LogP contribution in [0.25, 0.3) is 0 Å². The molecule has 1 atom stereocenters. The van der Waals surface area contributed by atoms with E-state index in [0.29, 0.717) is 12.2 Å². The van der Waals surface area contributed by atoms with Gasteiger partial charge in [0.1, 0.15) is 11.8 Å². The van der Waals surface area contributed by atoms with E-state index in [4.69, 9.17) is 10.8 Å². The zero-order valence-electron chi connectivity index (χ0n) is 7.92. The number of carboxylic acid groups (broad SMARTS) is 1. The minimum absolute atomic E-state index is 0.247. The van der Waals surface area contributed by atoms with E-state index in [1.165, 1.54) is 0 Å². The molecule has 0 aromatic heterocycles. The number of aliphatic carboxylic acids is 1. The molecule has 80 valence electrons. The van der Waals surface area contributed by atoms with Crippen molar-refractivity contribution in [3.8, 4) is 5.75 Å². The summed E-state index contributed by atoms with van der Waals surface area (Å²) in [5.74, 6) is -0.624. The second kappa shape index (κ2) is 5.11. The molecule has 0 bridgehead atoms. The van der Waals surface area contributed by atoms with Crippen LogP contribution in [-0.4, -0.2) is 23.6 Å². The van der Waals surface area contributed by atoms with E-state index in [1.54, 1.807) is 24.3 Å². The van der Waals surface area contributed by atoms with Gasteiger partial charge < -0.3 is 15.6 Å². The first-order chi connectivity index (χ1) is 7.13. The van der Waals surface area contributed by atoms with Gasteiger partial charge in [0, 0.05) is 0 Å². The summed E-state index contributed by atoms with van der Waals surface area (Å²) in [6.07, 6.45) is 0.247. The minimum atomic E-state index is -1.04. The Morgan fingerprint density at radius 3 is 2.53 bits per heavy atom. The second-order valence-corrected chi connectivity index (χ2v) is 3.01. The van der Waals surface area contributed by atoms with Crippen LogP contribution in [0.1, 0.15) is 5.56 Å². The van der Waals surface area contributed by atoms with Gasteiger partial charge in [0.25, 0.3) is 6.47 Å². The van der Waals surface area contributed by atoms with Crippen molar-refractivity contribution in [3.05, 3.63) is 29.8 Å². The number of hydrogen-bond acceptors (Lipinski definition) is 4. The molecule has 5 heteroatoms. The SMILES string of the molecule is NC(Cc1ccc(OC=O)cc1)C(=O)O. The average molecular weight is 209 g/mol. The Hall–Kier alpha value is -1.88. The van der Waals surface area contributed by atoms with Gasteiger partial charge in [-0.2, -0.15) is 0 Å². The zero-order valence-corrected chi connectivity index (χ0v) is 7.92. The van der Waals surface area contributed by atoms with Crippen LogP contribution in [-0.2, 0) is 16.0 Å². The number of carbonyl (C=O) groups is 2. The van der Waals surface area contributed by atoms with E-state index in [9.17, 15) is 9.59 Å². The molecule has 5 nitrogen and oxygen atoms in total. The van der Waals surface area contributed by atoms with E-state index < -0.39 is 12.0 Å². The number of benzene rings is 1. The largest absolute Gasteiger partial charge is 0.480 e. The topological polar surface area (TPSA) is 89.6 Å². The fourth-order valence-corrected chi connectivity index (χ4v) is 1.10. The van der Waals surface area contributed by atoms with Gasteiger partial charge in [0.2, 0.25) is 0 Å². The van der Waals surface area contributed by atoms with Gasteiger partial charge in [-0.05, 0) is 24.1 Å². The van der Waals surface area contributed by atoms with Gasteiger partial charge in [-0.3, -0.25) is 9.59 Å². The standard InChI is InChI=1S/C10H11NO4/c11-9(10(13)14)5-7-1-3-8(4-2-7)15-6-12/h1-4,6,9H,5,11H2,(H,13,14). The molecule has 0 spiro atoms. The van der Waals surface area contributed by atoms with Crippen LogP contribution >= 0.6 is 0 Å². The first-order valence-corrected chi connectivity index (χ1v) is 4.31. The van der Waals surface area contributed by atoms with E-state index in [2.05, 4.69) is 4.74 Å². The monoisotopic (exact) mass is 209 g/mol. The molecule has 3 N–H and O–H groups in total. The predicted molar refractivity (Wildman–Crippen MR) is 52.4 cm³/mol. The van der Waals surface area contributed by atoms with Crippen molar-refractivity contribution >= 4 is 12.4 Å². The Labute approximate surface area is 86.5 Å². The maximum absolute atomic E-state index is 10.5. The lowest BCUT2D eigenvalue weighted by atomic mass is 10.1. The lowest BCUT2D eigenvalue weighted by molar-refractivity contribution is -0.138. The molecule has 0 fully saturated rings. The lowest BCUT2D eigenvalue weighted by Crippen LogP contribution is -2.32. The summed E-state index contributed by atoms with van der Waals surface area (Å²) in [4.78, 5) is 20.5. The Morgan fingerprint density at radius 1 is 1.47 bits per heavy atom. The van der Waals surface area contributed by atoms with Crippen molar-refractivity contribution < 1.29 is 19.4 Å². The summed E-state index contributed by atoms with van der Waals surface area (Å²) in [5.41, 5.74) is 6.14. The van der Waals surface area contributed by atoms with Gasteiger partial charge in [0.05, 0.1) is 0 Å². The molecule has 0 aliphatic carbocycles. The number of ether oxygens (including phenoxy) is 1. The van der Waals surface area contributed by atoms with Crippen LogP contribution in [0.3, 0.4) is 0 Å². The number of hydrogen-bond donors (Lipinski definition) is 2. The Bertz CT molecular complexity index is 347.